The summed E-state index contributed by atoms with van der Waals surface area (Å²) < 4.78 is 12.5. The number of methoxy groups -OCH3 is 1. The number of rotatable bonds is 5. The van der Waals surface area contributed by atoms with Gasteiger partial charge < -0.3 is 19.7 Å². The Bertz CT molecular complexity index is 777. The molecule has 1 aliphatic rings. The minimum atomic E-state index is -0.781. The van der Waals surface area contributed by atoms with E-state index in [-0.39, 0.29) is 36.7 Å². The number of hydrogen-bond donors (Lipinski definition) is 3. The number of anilines is 1. The molecule has 0 spiro atoms. The van der Waals surface area contributed by atoms with Gasteiger partial charge in [-0.25, -0.2) is 4.98 Å². The maximum absolute atomic E-state index is 11.9. The third kappa shape index (κ3) is 3.28. The van der Waals surface area contributed by atoms with E-state index in [2.05, 4.69) is 20.3 Å². The Morgan fingerprint density at radius 2 is 2.28 bits per heavy atom. The standard InChI is InChI=1S/C15H21N5O5/c1-7(2)13(23)18-15-17-12-11(14(19-15)24-3)16-6-20(12)10-4-8(22)9(5-21)25-10/h6-10,21-22H,4-5H2,1-3H3,(H,17,18,19,23)/t8-,9+,10+/m0/s1. The van der Waals surface area contributed by atoms with Gasteiger partial charge in [0.2, 0.25) is 17.7 Å². The first kappa shape index (κ1) is 17.5. The quantitative estimate of drug-likeness (QED) is 0.689. The molecule has 2 aromatic rings. The Balaban J connectivity index is 1.99. The SMILES string of the molecule is COc1nc(NC(=O)C(C)C)nc2c1ncn2[C@H]1C[C@H](O)[C@@H](CO)O1. The van der Waals surface area contributed by atoms with Crippen molar-refractivity contribution in [2.24, 2.45) is 5.92 Å². The Morgan fingerprint density at radius 3 is 2.88 bits per heavy atom. The number of nitrogens with one attached hydrogen (secondary N) is 1. The van der Waals surface area contributed by atoms with Crippen LogP contribution in [0.15, 0.2) is 6.33 Å². The molecule has 0 radical (unpaired) electrons. The molecular formula is C15H21N5O5. The van der Waals surface area contributed by atoms with Crippen molar-refractivity contribution < 1.29 is 24.5 Å². The van der Waals surface area contributed by atoms with Crippen molar-refractivity contribution in [1.82, 2.24) is 19.5 Å². The van der Waals surface area contributed by atoms with Crippen molar-refractivity contribution in [1.29, 1.82) is 0 Å². The van der Waals surface area contributed by atoms with Crippen molar-refractivity contribution in [2.45, 2.75) is 38.7 Å². The summed E-state index contributed by atoms with van der Waals surface area (Å²) in [4.78, 5) is 24.7. The minimum absolute atomic E-state index is 0.0991. The lowest BCUT2D eigenvalue weighted by atomic mass is 10.2. The summed E-state index contributed by atoms with van der Waals surface area (Å²) in [7, 11) is 1.45. The molecule has 2 aromatic heterocycles. The Morgan fingerprint density at radius 1 is 1.52 bits per heavy atom. The lowest BCUT2D eigenvalue weighted by Gasteiger charge is -2.14. The maximum Gasteiger partial charge on any atom is 0.246 e. The Kier molecular flexibility index (Phi) is 4.84. The van der Waals surface area contributed by atoms with Gasteiger partial charge in [0, 0.05) is 12.3 Å². The largest absolute Gasteiger partial charge is 0.479 e. The highest BCUT2D eigenvalue weighted by Gasteiger charge is 2.35. The molecule has 0 bridgehead atoms. The van der Waals surface area contributed by atoms with E-state index in [9.17, 15) is 15.0 Å². The lowest BCUT2D eigenvalue weighted by molar-refractivity contribution is -0.118. The fourth-order valence-corrected chi connectivity index (χ4v) is 2.60. The number of aromatic nitrogens is 4. The van der Waals surface area contributed by atoms with Crippen LogP contribution in [0.2, 0.25) is 0 Å². The van der Waals surface area contributed by atoms with Crippen LogP contribution in [0.1, 0.15) is 26.5 Å². The average Bonchev–Trinajstić information content (AvgIpc) is 3.16. The summed E-state index contributed by atoms with van der Waals surface area (Å²) in [5, 5.41) is 21.8. The second-order valence-corrected chi connectivity index (χ2v) is 6.14. The highest BCUT2D eigenvalue weighted by molar-refractivity contribution is 5.91. The molecule has 0 aliphatic carbocycles. The highest BCUT2D eigenvalue weighted by Crippen LogP contribution is 2.32. The number of imidazole rings is 1. The summed E-state index contributed by atoms with van der Waals surface area (Å²) >= 11 is 0. The van der Waals surface area contributed by atoms with E-state index in [1.165, 1.54) is 13.4 Å². The molecule has 3 rings (SSSR count). The molecule has 0 aromatic carbocycles. The fourth-order valence-electron chi connectivity index (χ4n) is 2.60. The van der Waals surface area contributed by atoms with Crippen LogP contribution >= 0.6 is 0 Å². The van der Waals surface area contributed by atoms with Crippen molar-refractivity contribution in [3.05, 3.63) is 6.33 Å². The number of fused-ring (bicyclic) bond motifs is 1. The summed E-state index contributed by atoms with van der Waals surface area (Å²) in [6.07, 6.45) is -0.183. The van der Waals surface area contributed by atoms with E-state index in [1.807, 2.05) is 0 Å². The van der Waals surface area contributed by atoms with Crippen molar-refractivity contribution in [3.8, 4) is 5.88 Å². The van der Waals surface area contributed by atoms with E-state index in [1.54, 1.807) is 18.4 Å². The second-order valence-electron chi connectivity index (χ2n) is 6.14. The van der Waals surface area contributed by atoms with Gasteiger partial charge in [-0.2, -0.15) is 9.97 Å². The number of aliphatic hydroxyl groups excluding tert-OH is 2. The van der Waals surface area contributed by atoms with E-state index in [0.29, 0.717) is 11.2 Å². The minimum Gasteiger partial charge on any atom is -0.479 e. The second kappa shape index (κ2) is 6.90. The van der Waals surface area contributed by atoms with E-state index in [4.69, 9.17) is 9.47 Å². The number of amides is 1. The summed E-state index contributed by atoms with van der Waals surface area (Å²) in [5.41, 5.74) is 0.817. The molecule has 1 amide bonds. The first-order valence-electron chi connectivity index (χ1n) is 7.98. The van der Waals surface area contributed by atoms with Crippen molar-refractivity contribution in [2.75, 3.05) is 19.0 Å². The van der Waals surface area contributed by atoms with Gasteiger partial charge >= 0.3 is 0 Å². The molecule has 10 heteroatoms. The molecule has 3 atom stereocenters. The van der Waals surface area contributed by atoms with Gasteiger partial charge in [-0.3, -0.25) is 14.7 Å². The molecule has 0 saturated carbocycles. The molecule has 1 aliphatic heterocycles. The van der Waals surface area contributed by atoms with Crippen LogP contribution in [0, 0.1) is 5.92 Å². The first-order chi connectivity index (χ1) is 11.9. The number of aliphatic hydroxyl groups is 2. The smallest absolute Gasteiger partial charge is 0.246 e. The predicted molar refractivity (Wildman–Crippen MR) is 87.0 cm³/mol. The predicted octanol–water partition coefficient (Wildman–Crippen LogP) is 0.0701. The van der Waals surface area contributed by atoms with Gasteiger partial charge in [-0.05, 0) is 0 Å². The normalized spacial score (nSPS) is 23.4. The van der Waals surface area contributed by atoms with Crippen LogP contribution in [0.3, 0.4) is 0 Å². The van der Waals surface area contributed by atoms with Crippen molar-refractivity contribution in [3.63, 3.8) is 0 Å². The molecule has 136 valence electrons. The summed E-state index contributed by atoms with van der Waals surface area (Å²) in [5.74, 6) is -0.128. The van der Waals surface area contributed by atoms with E-state index in [0.717, 1.165) is 0 Å². The van der Waals surface area contributed by atoms with Crippen LogP contribution < -0.4 is 10.1 Å². The van der Waals surface area contributed by atoms with E-state index < -0.39 is 18.4 Å². The Hall–Kier alpha value is -2.30. The number of carbonyl (C=O) groups is 1. The maximum atomic E-state index is 11.9. The molecule has 1 fully saturated rings. The zero-order chi connectivity index (χ0) is 18.1. The molecular weight excluding hydrogens is 330 g/mol. The Labute approximate surface area is 143 Å². The van der Waals surface area contributed by atoms with Gasteiger partial charge in [0.25, 0.3) is 0 Å². The highest BCUT2D eigenvalue weighted by atomic mass is 16.5. The molecule has 3 heterocycles. The molecule has 10 nitrogen and oxygen atoms in total. The molecule has 1 saturated heterocycles. The summed E-state index contributed by atoms with van der Waals surface area (Å²) in [6.45, 7) is 3.24. The number of hydrogen-bond acceptors (Lipinski definition) is 8. The van der Waals surface area contributed by atoms with Gasteiger partial charge in [0.1, 0.15) is 12.3 Å². The van der Waals surface area contributed by atoms with Crippen LogP contribution in [0.25, 0.3) is 11.2 Å². The monoisotopic (exact) mass is 351 g/mol. The third-order valence-corrected chi connectivity index (χ3v) is 4.04. The molecule has 0 unspecified atom stereocenters. The van der Waals surface area contributed by atoms with Gasteiger partial charge in [0.05, 0.1) is 26.1 Å². The summed E-state index contributed by atoms with van der Waals surface area (Å²) in [6, 6.07) is 0. The van der Waals surface area contributed by atoms with Gasteiger partial charge in [-0.1, -0.05) is 13.8 Å². The molecule has 3 N–H and O–H groups in total. The van der Waals surface area contributed by atoms with Crippen molar-refractivity contribution >= 4 is 23.0 Å². The molecule has 25 heavy (non-hydrogen) atoms. The zero-order valence-electron chi connectivity index (χ0n) is 14.2. The van der Waals surface area contributed by atoms with Gasteiger partial charge in [0.15, 0.2) is 11.2 Å². The first-order valence-corrected chi connectivity index (χ1v) is 7.98. The number of ether oxygens (including phenoxy) is 2. The average molecular weight is 351 g/mol. The zero-order valence-corrected chi connectivity index (χ0v) is 14.2. The van der Waals surface area contributed by atoms with E-state index >= 15 is 0 Å². The lowest BCUT2D eigenvalue weighted by Crippen LogP contribution is -2.24. The van der Waals surface area contributed by atoms with Crippen LogP contribution in [-0.2, 0) is 9.53 Å². The van der Waals surface area contributed by atoms with Crippen LogP contribution in [0.5, 0.6) is 5.88 Å². The number of carbonyl (C=O) groups excluding carboxylic acids is 1. The fraction of sp³-hybridized carbons (Fsp3) is 0.600. The van der Waals surface area contributed by atoms with Crippen LogP contribution in [-0.4, -0.2) is 61.6 Å². The van der Waals surface area contributed by atoms with Crippen LogP contribution in [0.4, 0.5) is 5.95 Å². The number of nitrogens with zero attached hydrogens (tertiary/aromatic N) is 4. The third-order valence-electron chi connectivity index (χ3n) is 4.04. The topological polar surface area (TPSA) is 132 Å². The van der Waals surface area contributed by atoms with Gasteiger partial charge in [-0.15, -0.1) is 0 Å².